The molecule has 1 unspecified atom stereocenters. The monoisotopic (exact) mass is 268 g/mol. The van der Waals surface area contributed by atoms with Crippen LogP contribution in [0.5, 0.6) is 11.5 Å². The number of phenols is 2. The summed E-state index contributed by atoms with van der Waals surface area (Å²) in [7, 11) is 0. The Hall–Kier alpha value is -1.96. The minimum atomic E-state index is 0.0426. The Morgan fingerprint density at radius 1 is 0.950 bits per heavy atom. The molecule has 3 rings (SSSR count). The third-order valence-corrected chi connectivity index (χ3v) is 4.49. The lowest BCUT2D eigenvalue weighted by Gasteiger charge is -2.29. The quantitative estimate of drug-likeness (QED) is 0.769. The molecule has 20 heavy (non-hydrogen) atoms. The lowest BCUT2D eigenvalue weighted by molar-refractivity contribution is 0.422. The van der Waals surface area contributed by atoms with Crippen molar-refractivity contribution in [3.05, 3.63) is 59.2 Å². The Morgan fingerprint density at radius 2 is 1.75 bits per heavy atom. The first-order valence-corrected chi connectivity index (χ1v) is 7.17. The molecule has 0 saturated carbocycles. The zero-order chi connectivity index (χ0) is 14.2. The van der Waals surface area contributed by atoms with Gasteiger partial charge in [-0.25, -0.2) is 0 Å². The molecular weight excluding hydrogens is 248 g/mol. The van der Waals surface area contributed by atoms with Gasteiger partial charge in [0, 0.05) is 0 Å². The standard InChI is InChI=1S/C18H20O2/c1-18(15-5-2-6-16(19)11-15)9-3-4-13-10-17(20)8-7-14(13)12-18/h2,5-8,10-11,19-20H,3-4,9,12H2,1H3. The fourth-order valence-corrected chi connectivity index (χ4v) is 3.32. The second kappa shape index (κ2) is 4.86. The van der Waals surface area contributed by atoms with Gasteiger partial charge in [0.25, 0.3) is 0 Å². The Labute approximate surface area is 119 Å². The van der Waals surface area contributed by atoms with Crippen LogP contribution in [0.2, 0.25) is 0 Å². The highest BCUT2D eigenvalue weighted by Crippen LogP contribution is 2.38. The molecule has 0 aliphatic heterocycles. The second-order valence-corrected chi connectivity index (χ2v) is 6.09. The van der Waals surface area contributed by atoms with Gasteiger partial charge in [-0.15, -0.1) is 0 Å². The molecule has 2 aromatic rings. The van der Waals surface area contributed by atoms with Crippen LogP contribution in [0.1, 0.15) is 36.5 Å². The smallest absolute Gasteiger partial charge is 0.115 e. The van der Waals surface area contributed by atoms with Crippen LogP contribution < -0.4 is 0 Å². The number of rotatable bonds is 1. The van der Waals surface area contributed by atoms with Crippen LogP contribution in [0.3, 0.4) is 0 Å². The Kier molecular flexibility index (Phi) is 3.17. The molecular formula is C18H20O2. The molecule has 0 bridgehead atoms. The van der Waals surface area contributed by atoms with Crippen molar-refractivity contribution in [2.75, 3.05) is 0 Å². The Bertz CT molecular complexity index is 633. The van der Waals surface area contributed by atoms with Gasteiger partial charge < -0.3 is 10.2 Å². The van der Waals surface area contributed by atoms with Gasteiger partial charge in [0.1, 0.15) is 11.5 Å². The highest BCUT2D eigenvalue weighted by atomic mass is 16.3. The fraction of sp³-hybridized carbons (Fsp3) is 0.333. The van der Waals surface area contributed by atoms with Crippen LogP contribution in [-0.2, 0) is 18.3 Å². The highest BCUT2D eigenvalue weighted by molar-refractivity contribution is 5.40. The van der Waals surface area contributed by atoms with Gasteiger partial charge in [-0.3, -0.25) is 0 Å². The molecule has 2 nitrogen and oxygen atoms in total. The SMILES string of the molecule is CC1(c2cccc(O)c2)CCCc2cc(O)ccc2C1. The van der Waals surface area contributed by atoms with E-state index in [9.17, 15) is 10.2 Å². The van der Waals surface area contributed by atoms with Crippen molar-refractivity contribution in [2.24, 2.45) is 0 Å². The van der Waals surface area contributed by atoms with E-state index >= 15 is 0 Å². The molecule has 2 N–H and O–H groups in total. The van der Waals surface area contributed by atoms with E-state index in [0.717, 1.165) is 25.7 Å². The van der Waals surface area contributed by atoms with E-state index in [0.29, 0.717) is 11.5 Å². The van der Waals surface area contributed by atoms with E-state index in [-0.39, 0.29) is 5.41 Å². The normalized spacial score (nSPS) is 22.1. The number of fused-ring (bicyclic) bond motifs is 1. The Balaban J connectivity index is 2.01. The fourth-order valence-electron chi connectivity index (χ4n) is 3.32. The van der Waals surface area contributed by atoms with Gasteiger partial charge in [0.05, 0.1) is 0 Å². The highest BCUT2D eigenvalue weighted by Gasteiger charge is 2.30. The first-order valence-electron chi connectivity index (χ1n) is 7.17. The summed E-state index contributed by atoms with van der Waals surface area (Å²) >= 11 is 0. The zero-order valence-corrected chi connectivity index (χ0v) is 11.8. The molecule has 1 aliphatic rings. The van der Waals surface area contributed by atoms with Crippen molar-refractivity contribution in [1.29, 1.82) is 0 Å². The number of phenolic OH excluding ortho intramolecular Hbond substituents is 2. The first-order chi connectivity index (χ1) is 9.57. The summed E-state index contributed by atoms with van der Waals surface area (Å²) in [5.41, 5.74) is 3.81. The van der Waals surface area contributed by atoms with Gasteiger partial charge in [0.2, 0.25) is 0 Å². The van der Waals surface area contributed by atoms with Gasteiger partial charge >= 0.3 is 0 Å². The van der Waals surface area contributed by atoms with E-state index < -0.39 is 0 Å². The predicted molar refractivity (Wildman–Crippen MR) is 80.2 cm³/mol. The lowest BCUT2D eigenvalue weighted by Crippen LogP contribution is -2.24. The molecule has 2 heteroatoms. The predicted octanol–water partition coefficient (Wildman–Crippen LogP) is 3.93. The molecule has 0 spiro atoms. The van der Waals surface area contributed by atoms with E-state index in [1.807, 2.05) is 24.3 Å². The number of benzene rings is 2. The molecule has 0 amide bonds. The topological polar surface area (TPSA) is 40.5 Å². The van der Waals surface area contributed by atoms with E-state index in [2.05, 4.69) is 13.0 Å². The van der Waals surface area contributed by atoms with E-state index in [1.54, 1.807) is 12.1 Å². The molecule has 0 aromatic heterocycles. The summed E-state index contributed by atoms with van der Waals surface area (Å²) in [5, 5.41) is 19.4. The van der Waals surface area contributed by atoms with Gasteiger partial charge in [-0.2, -0.15) is 0 Å². The second-order valence-electron chi connectivity index (χ2n) is 6.09. The maximum atomic E-state index is 9.73. The van der Waals surface area contributed by atoms with Gasteiger partial charge in [0.15, 0.2) is 0 Å². The summed E-state index contributed by atoms with van der Waals surface area (Å²) < 4.78 is 0. The molecule has 1 atom stereocenters. The van der Waals surface area contributed by atoms with Crippen molar-refractivity contribution in [3.63, 3.8) is 0 Å². The number of aromatic hydroxyl groups is 2. The third kappa shape index (κ3) is 2.38. The number of hydrogen-bond acceptors (Lipinski definition) is 2. The molecule has 0 fully saturated rings. The van der Waals surface area contributed by atoms with Crippen LogP contribution >= 0.6 is 0 Å². The van der Waals surface area contributed by atoms with Crippen LogP contribution in [0.4, 0.5) is 0 Å². The van der Waals surface area contributed by atoms with Crippen LogP contribution in [-0.4, -0.2) is 10.2 Å². The van der Waals surface area contributed by atoms with Crippen molar-refractivity contribution < 1.29 is 10.2 Å². The summed E-state index contributed by atoms with van der Waals surface area (Å²) in [5.74, 6) is 0.684. The van der Waals surface area contributed by atoms with Crippen molar-refractivity contribution in [2.45, 2.75) is 38.0 Å². The molecule has 104 valence electrons. The van der Waals surface area contributed by atoms with E-state index in [4.69, 9.17) is 0 Å². The van der Waals surface area contributed by atoms with Crippen LogP contribution in [0.15, 0.2) is 42.5 Å². The summed E-state index contributed by atoms with van der Waals surface area (Å²) in [6, 6.07) is 13.3. The molecule has 1 aliphatic carbocycles. The number of aryl methyl sites for hydroxylation is 1. The Morgan fingerprint density at radius 3 is 2.55 bits per heavy atom. The van der Waals surface area contributed by atoms with Gasteiger partial charge in [-0.1, -0.05) is 25.1 Å². The number of hydrogen-bond donors (Lipinski definition) is 2. The molecule has 2 aromatic carbocycles. The van der Waals surface area contributed by atoms with Crippen molar-refractivity contribution >= 4 is 0 Å². The minimum Gasteiger partial charge on any atom is -0.508 e. The minimum absolute atomic E-state index is 0.0426. The molecule has 0 radical (unpaired) electrons. The summed E-state index contributed by atoms with van der Waals surface area (Å²) in [6.07, 6.45) is 4.15. The average Bonchev–Trinajstić information content (AvgIpc) is 2.58. The average molecular weight is 268 g/mol. The maximum Gasteiger partial charge on any atom is 0.115 e. The third-order valence-electron chi connectivity index (χ3n) is 4.49. The van der Waals surface area contributed by atoms with Crippen molar-refractivity contribution in [1.82, 2.24) is 0 Å². The summed E-state index contributed by atoms with van der Waals surface area (Å²) in [6.45, 7) is 2.27. The van der Waals surface area contributed by atoms with Gasteiger partial charge in [-0.05, 0) is 72.1 Å². The van der Waals surface area contributed by atoms with Crippen LogP contribution in [0, 0.1) is 0 Å². The van der Waals surface area contributed by atoms with E-state index in [1.165, 1.54) is 16.7 Å². The van der Waals surface area contributed by atoms with Crippen molar-refractivity contribution in [3.8, 4) is 11.5 Å². The largest absolute Gasteiger partial charge is 0.508 e. The van der Waals surface area contributed by atoms with Crippen LogP contribution in [0.25, 0.3) is 0 Å². The zero-order valence-electron chi connectivity index (χ0n) is 11.8. The first kappa shape index (κ1) is 13.0. The molecule has 0 saturated heterocycles. The molecule has 0 heterocycles. The maximum absolute atomic E-state index is 9.73. The lowest BCUT2D eigenvalue weighted by atomic mass is 9.75. The summed E-state index contributed by atoms with van der Waals surface area (Å²) in [4.78, 5) is 0.